The molecule has 0 aliphatic carbocycles. The third kappa shape index (κ3) is 4.32. The summed E-state index contributed by atoms with van der Waals surface area (Å²) in [6.07, 6.45) is 2.66. The summed E-state index contributed by atoms with van der Waals surface area (Å²) in [4.78, 5) is 0. The van der Waals surface area contributed by atoms with Gasteiger partial charge < -0.3 is 4.74 Å². The Kier molecular flexibility index (Phi) is 5.94. The predicted molar refractivity (Wildman–Crippen MR) is 73.7 cm³/mol. The van der Waals surface area contributed by atoms with Crippen LogP contribution in [0, 0.1) is 18.8 Å². The van der Waals surface area contributed by atoms with Crippen molar-refractivity contribution in [3.8, 4) is 17.6 Å². The molecule has 1 aromatic carbocycles. The Morgan fingerprint density at radius 3 is 2.65 bits per heavy atom. The molecule has 0 heterocycles. The lowest BCUT2D eigenvalue weighted by atomic mass is 10.1. The second-order valence-electron chi connectivity index (χ2n) is 3.85. The van der Waals surface area contributed by atoms with Gasteiger partial charge in [-0.1, -0.05) is 18.5 Å². The average molecular weight is 251 g/mol. The maximum absolute atomic E-state index is 6.13. The smallest absolute Gasteiger partial charge is 0.122 e. The van der Waals surface area contributed by atoms with Crippen molar-refractivity contribution in [3.05, 3.63) is 28.3 Å². The summed E-state index contributed by atoms with van der Waals surface area (Å²) >= 11 is 6.13. The lowest BCUT2D eigenvalue weighted by Gasteiger charge is -2.11. The standard InChI is InChI=1S/C15H19ClO/c1-4-6-7-8-9-13-11-14(16)12(3)10-15(13)17-5-2/h10-11H,4-5,8-9H2,1-3H3. The molecule has 0 saturated heterocycles. The summed E-state index contributed by atoms with van der Waals surface area (Å²) in [7, 11) is 0. The van der Waals surface area contributed by atoms with Crippen LogP contribution >= 0.6 is 11.6 Å². The topological polar surface area (TPSA) is 9.23 Å². The van der Waals surface area contributed by atoms with Crippen LogP contribution in [-0.2, 0) is 6.42 Å². The third-order valence-electron chi connectivity index (χ3n) is 2.46. The van der Waals surface area contributed by atoms with Gasteiger partial charge in [-0.2, -0.15) is 0 Å². The summed E-state index contributed by atoms with van der Waals surface area (Å²) in [5.74, 6) is 7.15. The van der Waals surface area contributed by atoms with Crippen LogP contribution in [0.25, 0.3) is 0 Å². The maximum atomic E-state index is 6.13. The number of hydrogen-bond donors (Lipinski definition) is 0. The molecule has 0 spiro atoms. The Morgan fingerprint density at radius 2 is 2.00 bits per heavy atom. The third-order valence-corrected chi connectivity index (χ3v) is 2.87. The SMILES string of the molecule is CCC#CCCc1cc(Cl)c(C)cc1OCC. The molecule has 1 rings (SSSR count). The summed E-state index contributed by atoms with van der Waals surface area (Å²) < 4.78 is 5.62. The normalized spacial score (nSPS) is 9.65. The minimum absolute atomic E-state index is 0.675. The zero-order valence-electron chi connectivity index (χ0n) is 10.8. The zero-order chi connectivity index (χ0) is 12.7. The van der Waals surface area contributed by atoms with Crippen LogP contribution in [0.15, 0.2) is 12.1 Å². The molecule has 2 heteroatoms. The second kappa shape index (κ2) is 7.25. The fraction of sp³-hybridized carbons (Fsp3) is 0.467. The lowest BCUT2D eigenvalue weighted by Crippen LogP contribution is -1.98. The van der Waals surface area contributed by atoms with E-state index in [4.69, 9.17) is 16.3 Å². The van der Waals surface area contributed by atoms with Crippen molar-refractivity contribution in [3.63, 3.8) is 0 Å². The van der Waals surface area contributed by atoms with Crippen molar-refractivity contribution in [1.82, 2.24) is 0 Å². The number of aryl methyl sites for hydroxylation is 2. The van der Waals surface area contributed by atoms with E-state index in [0.29, 0.717) is 6.61 Å². The largest absolute Gasteiger partial charge is 0.494 e. The van der Waals surface area contributed by atoms with E-state index in [1.165, 1.54) is 0 Å². The van der Waals surface area contributed by atoms with Gasteiger partial charge in [0.2, 0.25) is 0 Å². The van der Waals surface area contributed by atoms with Crippen LogP contribution in [0.4, 0.5) is 0 Å². The van der Waals surface area contributed by atoms with Gasteiger partial charge in [0.15, 0.2) is 0 Å². The highest BCUT2D eigenvalue weighted by Gasteiger charge is 2.06. The van der Waals surface area contributed by atoms with Gasteiger partial charge in [0, 0.05) is 17.9 Å². The highest BCUT2D eigenvalue weighted by atomic mass is 35.5. The molecule has 0 aliphatic heterocycles. The molecule has 0 fully saturated rings. The van der Waals surface area contributed by atoms with Crippen molar-refractivity contribution >= 4 is 11.6 Å². The molecule has 0 aromatic heterocycles. The first-order valence-corrected chi connectivity index (χ1v) is 6.44. The fourth-order valence-corrected chi connectivity index (χ4v) is 1.78. The van der Waals surface area contributed by atoms with Crippen LogP contribution in [-0.4, -0.2) is 6.61 Å². The van der Waals surface area contributed by atoms with E-state index >= 15 is 0 Å². The summed E-state index contributed by atoms with van der Waals surface area (Å²) in [5, 5.41) is 0.798. The predicted octanol–water partition coefficient (Wildman–Crippen LogP) is 4.39. The fourth-order valence-electron chi connectivity index (χ4n) is 1.59. The Balaban J connectivity index is 2.84. The van der Waals surface area contributed by atoms with E-state index in [-0.39, 0.29) is 0 Å². The molecule has 0 N–H and O–H groups in total. The first-order chi connectivity index (χ1) is 8.19. The van der Waals surface area contributed by atoms with E-state index in [1.54, 1.807) is 0 Å². The Morgan fingerprint density at radius 1 is 1.24 bits per heavy atom. The molecule has 0 saturated carbocycles. The molecular formula is C15H19ClO. The van der Waals surface area contributed by atoms with E-state index < -0.39 is 0 Å². The minimum atomic E-state index is 0.675. The second-order valence-corrected chi connectivity index (χ2v) is 4.26. The lowest BCUT2D eigenvalue weighted by molar-refractivity contribution is 0.336. The van der Waals surface area contributed by atoms with E-state index in [2.05, 4.69) is 18.8 Å². The summed E-state index contributed by atoms with van der Waals surface area (Å²) in [6.45, 7) is 6.71. The van der Waals surface area contributed by atoms with Crippen LogP contribution in [0.3, 0.4) is 0 Å². The molecule has 1 nitrogen and oxygen atoms in total. The molecule has 17 heavy (non-hydrogen) atoms. The van der Waals surface area contributed by atoms with Gasteiger partial charge in [0.25, 0.3) is 0 Å². The quantitative estimate of drug-likeness (QED) is 0.720. The Bertz CT molecular complexity index is 427. The molecule has 1 aromatic rings. The van der Waals surface area contributed by atoms with Gasteiger partial charge in [0.05, 0.1) is 6.61 Å². The van der Waals surface area contributed by atoms with Crippen molar-refractivity contribution in [2.75, 3.05) is 6.61 Å². The van der Waals surface area contributed by atoms with Gasteiger partial charge in [-0.15, -0.1) is 11.8 Å². The molecular weight excluding hydrogens is 232 g/mol. The summed E-state index contributed by atoms with van der Waals surface area (Å²) in [5.41, 5.74) is 2.20. The molecule has 0 unspecified atom stereocenters. The molecule has 0 aliphatic rings. The van der Waals surface area contributed by atoms with Crippen LogP contribution in [0.2, 0.25) is 5.02 Å². The Hall–Kier alpha value is -1.13. The first kappa shape index (κ1) is 13.9. The van der Waals surface area contributed by atoms with Gasteiger partial charge in [0.1, 0.15) is 5.75 Å². The van der Waals surface area contributed by atoms with Crippen LogP contribution in [0.5, 0.6) is 5.75 Å². The van der Waals surface area contributed by atoms with Crippen LogP contribution < -0.4 is 4.74 Å². The number of hydrogen-bond acceptors (Lipinski definition) is 1. The van der Waals surface area contributed by atoms with Gasteiger partial charge in [-0.05, 0) is 43.5 Å². The number of benzene rings is 1. The van der Waals surface area contributed by atoms with Gasteiger partial charge >= 0.3 is 0 Å². The first-order valence-electron chi connectivity index (χ1n) is 6.06. The van der Waals surface area contributed by atoms with Crippen LogP contribution in [0.1, 0.15) is 37.8 Å². The number of ether oxygens (including phenoxy) is 1. The average Bonchev–Trinajstić information content (AvgIpc) is 2.31. The van der Waals surface area contributed by atoms with Gasteiger partial charge in [-0.25, -0.2) is 0 Å². The highest BCUT2D eigenvalue weighted by Crippen LogP contribution is 2.27. The molecule has 92 valence electrons. The van der Waals surface area contributed by atoms with Crippen molar-refractivity contribution in [2.45, 2.75) is 40.0 Å². The number of halogens is 1. The monoisotopic (exact) mass is 250 g/mol. The molecule has 0 radical (unpaired) electrons. The van der Waals surface area contributed by atoms with E-state index in [0.717, 1.165) is 41.2 Å². The zero-order valence-corrected chi connectivity index (χ0v) is 11.5. The summed E-state index contributed by atoms with van der Waals surface area (Å²) in [6, 6.07) is 4.00. The highest BCUT2D eigenvalue weighted by molar-refractivity contribution is 6.31. The van der Waals surface area contributed by atoms with Crippen molar-refractivity contribution < 1.29 is 4.74 Å². The minimum Gasteiger partial charge on any atom is -0.494 e. The maximum Gasteiger partial charge on any atom is 0.122 e. The van der Waals surface area contributed by atoms with Crippen molar-refractivity contribution in [1.29, 1.82) is 0 Å². The van der Waals surface area contributed by atoms with Crippen molar-refractivity contribution in [2.24, 2.45) is 0 Å². The molecule has 0 amide bonds. The number of rotatable bonds is 4. The Labute approximate surface area is 109 Å². The molecule has 0 atom stereocenters. The van der Waals surface area contributed by atoms with E-state index in [9.17, 15) is 0 Å². The van der Waals surface area contributed by atoms with Gasteiger partial charge in [-0.3, -0.25) is 0 Å². The van der Waals surface area contributed by atoms with E-state index in [1.807, 2.05) is 26.0 Å². The molecule has 0 bridgehead atoms.